The van der Waals surface area contributed by atoms with Gasteiger partial charge < -0.3 is 5.32 Å². The van der Waals surface area contributed by atoms with E-state index in [1.165, 1.54) is 6.33 Å². The van der Waals surface area contributed by atoms with Crippen molar-refractivity contribution in [3.63, 3.8) is 0 Å². The lowest BCUT2D eigenvalue weighted by Crippen LogP contribution is -2.08. The van der Waals surface area contributed by atoms with Gasteiger partial charge in [0.05, 0.1) is 11.6 Å². The summed E-state index contributed by atoms with van der Waals surface area (Å²) >= 11 is 0. The zero-order valence-corrected chi connectivity index (χ0v) is 12.9. The Balaban J connectivity index is 1.57. The van der Waals surface area contributed by atoms with E-state index in [1.54, 1.807) is 23.3 Å². The van der Waals surface area contributed by atoms with Gasteiger partial charge in [-0.25, -0.2) is 15.0 Å². The zero-order valence-electron chi connectivity index (χ0n) is 12.9. The van der Waals surface area contributed by atoms with Crippen molar-refractivity contribution in [3.05, 3.63) is 67.0 Å². The van der Waals surface area contributed by atoms with E-state index in [-0.39, 0.29) is 0 Å². The van der Waals surface area contributed by atoms with Gasteiger partial charge in [0.15, 0.2) is 11.5 Å². The molecule has 118 valence electrons. The highest BCUT2D eigenvalue weighted by molar-refractivity contribution is 5.86. The molecule has 7 heteroatoms. The molecule has 0 aliphatic heterocycles. The van der Waals surface area contributed by atoms with Crippen LogP contribution in [0, 0.1) is 0 Å². The number of nitrogens with one attached hydrogen (secondary N) is 1. The van der Waals surface area contributed by atoms with Gasteiger partial charge >= 0.3 is 0 Å². The van der Waals surface area contributed by atoms with Crippen LogP contribution < -0.4 is 5.32 Å². The summed E-state index contributed by atoms with van der Waals surface area (Å²) in [5.41, 5.74) is 1.77. The quantitative estimate of drug-likeness (QED) is 0.608. The monoisotopic (exact) mass is 317 g/mol. The molecule has 0 spiro atoms. The average Bonchev–Trinajstić information content (AvgIpc) is 3.08. The molecular formula is C17H15N7. The van der Waals surface area contributed by atoms with Crippen molar-refractivity contribution in [1.82, 2.24) is 29.7 Å². The fraction of sp³-hybridized carbons (Fsp3) is 0.118. The molecule has 0 saturated heterocycles. The summed E-state index contributed by atoms with van der Waals surface area (Å²) in [4.78, 5) is 17.3. The Bertz CT molecular complexity index is 935. The number of anilines is 1. The summed E-state index contributed by atoms with van der Waals surface area (Å²) in [6, 6.07) is 11.6. The Hall–Kier alpha value is -3.35. The van der Waals surface area contributed by atoms with Gasteiger partial charge in [0.1, 0.15) is 12.1 Å². The summed E-state index contributed by atoms with van der Waals surface area (Å²) < 4.78 is 1.71. The van der Waals surface area contributed by atoms with E-state index < -0.39 is 0 Å². The van der Waals surface area contributed by atoms with Crippen LogP contribution in [0.1, 0.15) is 5.69 Å². The number of pyridine rings is 2. The molecule has 7 nitrogen and oxygen atoms in total. The van der Waals surface area contributed by atoms with Crippen molar-refractivity contribution in [2.75, 3.05) is 11.9 Å². The Morgan fingerprint density at radius 2 is 1.79 bits per heavy atom. The van der Waals surface area contributed by atoms with Gasteiger partial charge in [-0.15, -0.1) is 0 Å². The highest BCUT2D eigenvalue weighted by Gasteiger charge is 2.11. The molecule has 4 rings (SSSR count). The molecule has 0 amide bonds. The number of hydrogen-bond acceptors (Lipinski definition) is 6. The van der Waals surface area contributed by atoms with Gasteiger partial charge in [0.25, 0.3) is 0 Å². The Morgan fingerprint density at radius 1 is 0.917 bits per heavy atom. The third-order valence-corrected chi connectivity index (χ3v) is 3.63. The van der Waals surface area contributed by atoms with E-state index in [4.69, 9.17) is 0 Å². The van der Waals surface area contributed by atoms with Crippen LogP contribution in [0.2, 0.25) is 0 Å². The van der Waals surface area contributed by atoms with E-state index in [1.807, 2.05) is 36.4 Å². The summed E-state index contributed by atoms with van der Waals surface area (Å²) in [6.45, 7) is 0.734. The molecular weight excluding hydrogens is 302 g/mol. The summed E-state index contributed by atoms with van der Waals surface area (Å²) in [6.07, 6.45) is 7.64. The molecule has 4 heterocycles. The van der Waals surface area contributed by atoms with E-state index in [9.17, 15) is 0 Å². The Labute approximate surface area is 138 Å². The van der Waals surface area contributed by atoms with Crippen molar-refractivity contribution in [2.24, 2.45) is 0 Å². The van der Waals surface area contributed by atoms with Crippen LogP contribution in [0.4, 0.5) is 5.82 Å². The molecule has 0 fully saturated rings. The zero-order chi connectivity index (χ0) is 16.2. The number of aromatic nitrogens is 6. The van der Waals surface area contributed by atoms with Crippen molar-refractivity contribution in [3.8, 4) is 5.82 Å². The van der Waals surface area contributed by atoms with Crippen LogP contribution in [0.15, 0.2) is 61.3 Å². The summed E-state index contributed by atoms with van der Waals surface area (Å²) in [5.74, 6) is 1.49. The molecule has 0 atom stereocenters. The molecule has 0 aromatic carbocycles. The average molecular weight is 317 g/mol. The maximum absolute atomic E-state index is 4.39. The third kappa shape index (κ3) is 2.79. The number of fused-ring (bicyclic) bond motifs is 1. The normalized spacial score (nSPS) is 10.8. The fourth-order valence-electron chi connectivity index (χ4n) is 2.49. The molecule has 0 saturated carbocycles. The Morgan fingerprint density at radius 3 is 2.58 bits per heavy atom. The van der Waals surface area contributed by atoms with Gasteiger partial charge in [0.2, 0.25) is 0 Å². The first-order valence-electron chi connectivity index (χ1n) is 7.66. The molecule has 0 radical (unpaired) electrons. The van der Waals surface area contributed by atoms with Crippen molar-refractivity contribution >= 4 is 16.9 Å². The SMILES string of the molecule is c1ccc(CCNc2ncnc3c2cnn3-c2ccccn2)nc1. The van der Waals surface area contributed by atoms with Gasteiger partial charge in [-0.05, 0) is 24.3 Å². The predicted octanol–water partition coefficient (Wildman–Crippen LogP) is 2.26. The van der Waals surface area contributed by atoms with E-state index in [0.717, 1.165) is 41.3 Å². The lowest BCUT2D eigenvalue weighted by atomic mass is 10.2. The smallest absolute Gasteiger partial charge is 0.170 e. The molecule has 24 heavy (non-hydrogen) atoms. The predicted molar refractivity (Wildman–Crippen MR) is 90.9 cm³/mol. The minimum atomic E-state index is 0.726. The maximum atomic E-state index is 4.39. The highest BCUT2D eigenvalue weighted by Crippen LogP contribution is 2.20. The highest BCUT2D eigenvalue weighted by atomic mass is 15.3. The van der Waals surface area contributed by atoms with Crippen molar-refractivity contribution in [1.29, 1.82) is 0 Å². The fourth-order valence-corrected chi connectivity index (χ4v) is 2.49. The molecule has 0 aliphatic carbocycles. The summed E-state index contributed by atoms with van der Waals surface area (Å²) in [5, 5.41) is 8.59. The van der Waals surface area contributed by atoms with Gasteiger partial charge in [0, 0.05) is 31.1 Å². The molecule has 4 aromatic rings. The second kappa shape index (κ2) is 6.41. The second-order valence-corrected chi connectivity index (χ2v) is 5.20. The minimum absolute atomic E-state index is 0.726. The van der Waals surface area contributed by atoms with Crippen LogP contribution in [0.3, 0.4) is 0 Å². The van der Waals surface area contributed by atoms with Crippen LogP contribution in [-0.2, 0) is 6.42 Å². The first kappa shape index (κ1) is 14.3. The van der Waals surface area contributed by atoms with Gasteiger partial charge in [-0.3, -0.25) is 4.98 Å². The third-order valence-electron chi connectivity index (χ3n) is 3.63. The second-order valence-electron chi connectivity index (χ2n) is 5.20. The molecule has 1 N–H and O–H groups in total. The molecule has 0 bridgehead atoms. The largest absolute Gasteiger partial charge is 0.369 e. The lowest BCUT2D eigenvalue weighted by molar-refractivity contribution is 0.861. The summed E-state index contributed by atoms with van der Waals surface area (Å²) in [7, 11) is 0. The molecule has 0 aliphatic rings. The van der Waals surface area contributed by atoms with Crippen molar-refractivity contribution in [2.45, 2.75) is 6.42 Å². The molecule has 4 aromatic heterocycles. The van der Waals surface area contributed by atoms with Crippen LogP contribution in [0.5, 0.6) is 0 Å². The van der Waals surface area contributed by atoms with E-state index in [0.29, 0.717) is 0 Å². The van der Waals surface area contributed by atoms with E-state index in [2.05, 4.69) is 30.4 Å². The molecule has 0 unspecified atom stereocenters. The number of rotatable bonds is 5. The van der Waals surface area contributed by atoms with E-state index >= 15 is 0 Å². The lowest BCUT2D eigenvalue weighted by Gasteiger charge is -2.06. The van der Waals surface area contributed by atoms with Crippen LogP contribution in [-0.4, -0.2) is 36.3 Å². The van der Waals surface area contributed by atoms with Crippen molar-refractivity contribution < 1.29 is 0 Å². The minimum Gasteiger partial charge on any atom is -0.369 e. The maximum Gasteiger partial charge on any atom is 0.170 e. The topological polar surface area (TPSA) is 81.4 Å². The van der Waals surface area contributed by atoms with Crippen LogP contribution in [0.25, 0.3) is 16.9 Å². The Kier molecular flexibility index (Phi) is 3.81. The van der Waals surface area contributed by atoms with Crippen LogP contribution >= 0.6 is 0 Å². The standard InChI is InChI=1S/C17H15N7/c1-3-8-18-13(5-1)7-10-20-16-14-11-23-24(17(14)22-12-21-16)15-6-2-4-9-19-15/h1-6,8-9,11-12H,7,10H2,(H,20,21,22). The van der Waals surface area contributed by atoms with Gasteiger partial charge in [-0.2, -0.15) is 9.78 Å². The first-order chi connectivity index (χ1) is 11.9. The number of hydrogen-bond donors (Lipinski definition) is 1. The first-order valence-corrected chi connectivity index (χ1v) is 7.66. The van der Waals surface area contributed by atoms with Gasteiger partial charge in [-0.1, -0.05) is 12.1 Å². The number of nitrogens with zero attached hydrogens (tertiary/aromatic N) is 6.